The van der Waals surface area contributed by atoms with Gasteiger partial charge < -0.3 is 10.2 Å². The van der Waals surface area contributed by atoms with Gasteiger partial charge in [0.25, 0.3) is 0 Å². The van der Waals surface area contributed by atoms with Crippen molar-refractivity contribution in [1.82, 2.24) is 10.2 Å². The largest absolute Gasteiger partial charge is 0.345 e. The number of benzene rings is 1. The molecule has 0 heterocycles. The monoisotopic (exact) mass is 318 g/mol. The molecule has 1 unspecified atom stereocenters. The molecule has 0 aliphatic heterocycles. The van der Waals surface area contributed by atoms with E-state index in [2.05, 4.69) is 18.5 Å². The molecule has 2 amide bonds. The third kappa shape index (κ3) is 6.06. The number of rotatable bonds is 9. The SMILES string of the molecule is C=CCN(CC=C)C(=O)C(C)NC(=O)CCc1ccccc1F. The minimum Gasteiger partial charge on any atom is -0.345 e. The lowest BCUT2D eigenvalue weighted by atomic mass is 10.1. The molecule has 1 N–H and O–H groups in total. The van der Waals surface area contributed by atoms with E-state index in [9.17, 15) is 14.0 Å². The van der Waals surface area contributed by atoms with Gasteiger partial charge in [0.1, 0.15) is 11.9 Å². The molecule has 0 spiro atoms. The van der Waals surface area contributed by atoms with Gasteiger partial charge in [-0.3, -0.25) is 9.59 Å². The lowest BCUT2D eigenvalue weighted by molar-refractivity contribution is -0.135. The number of nitrogens with one attached hydrogen (secondary N) is 1. The molecule has 0 bridgehead atoms. The molecule has 5 heteroatoms. The van der Waals surface area contributed by atoms with Gasteiger partial charge in [-0.05, 0) is 25.0 Å². The normalized spacial score (nSPS) is 11.4. The molecular weight excluding hydrogens is 295 g/mol. The highest BCUT2D eigenvalue weighted by Crippen LogP contribution is 2.09. The third-order valence-electron chi connectivity index (χ3n) is 3.34. The Balaban J connectivity index is 2.52. The van der Waals surface area contributed by atoms with Crippen molar-refractivity contribution < 1.29 is 14.0 Å². The molecule has 0 aromatic heterocycles. The van der Waals surface area contributed by atoms with Crippen LogP contribution in [0.5, 0.6) is 0 Å². The van der Waals surface area contributed by atoms with Gasteiger partial charge >= 0.3 is 0 Å². The Morgan fingerprint density at radius 2 is 1.87 bits per heavy atom. The van der Waals surface area contributed by atoms with Crippen LogP contribution in [-0.4, -0.2) is 35.8 Å². The molecule has 0 aliphatic carbocycles. The molecular formula is C18H23FN2O2. The smallest absolute Gasteiger partial charge is 0.245 e. The van der Waals surface area contributed by atoms with Gasteiger partial charge in [-0.25, -0.2) is 4.39 Å². The topological polar surface area (TPSA) is 49.4 Å². The predicted molar refractivity (Wildman–Crippen MR) is 89.3 cm³/mol. The Morgan fingerprint density at radius 3 is 2.43 bits per heavy atom. The number of hydrogen-bond acceptors (Lipinski definition) is 2. The van der Waals surface area contributed by atoms with E-state index in [-0.39, 0.29) is 24.1 Å². The van der Waals surface area contributed by atoms with Crippen LogP contribution in [0.4, 0.5) is 4.39 Å². The average molecular weight is 318 g/mol. The van der Waals surface area contributed by atoms with E-state index in [4.69, 9.17) is 0 Å². The molecule has 23 heavy (non-hydrogen) atoms. The van der Waals surface area contributed by atoms with Crippen LogP contribution >= 0.6 is 0 Å². The van der Waals surface area contributed by atoms with Crippen molar-refractivity contribution in [2.24, 2.45) is 0 Å². The molecule has 1 atom stereocenters. The van der Waals surface area contributed by atoms with Crippen LogP contribution in [0, 0.1) is 5.82 Å². The fourth-order valence-corrected chi connectivity index (χ4v) is 2.16. The van der Waals surface area contributed by atoms with Crippen LogP contribution < -0.4 is 5.32 Å². The highest BCUT2D eigenvalue weighted by Gasteiger charge is 2.20. The van der Waals surface area contributed by atoms with E-state index < -0.39 is 6.04 Å². The number of amides is 2. The van der Waals surface area contributed by atoms with Crippen molar-refractivity contribution in [3.8, 4) is 0 Å². The Hall–Kier alpha value is -2.43. The summed E-state index contributed by atoms with van der Waals surface area (Å²) in [5.74, 6) is -0.817. The van der Waals surface area contributed by atoms with E-state index in [0.717, 1.165) is 0 Å². The summed E-state index contributed by atoms with van der Waals surface area (Å²) in [4.78, 5) is 25.7. The van der Waals surface area contributed by atoms with Crippen molar-refractivity contribution in [2.75, 3.05) is 13.1 Å². The Morgan fingerprint density at radius 1 is 1.26 bits per heavy atom. The van der Waals surface area contributed by atoms with E-state index in [1.54, 1.807) is 42.2 Å². The number of nitrogens with zero attached hydrogens (tertiary/aromatic N) is 1. The zero-order valence-corrected chi connectivity index (χ0v) is 13.4. The van der Waals surface area contributed by atoms with Crippen LogP contribution in [0.2, 0.25) is 0 Å². The zero-order valence-electron chi connectivity index (χ0n) is 13.4. The molecule has 0 fully saturated rings. The molecule has 4 nitrogen and oxygen atoms in total. The minimum absolute atomic E-state index is 0.126. The van der Waals surface area contributed by atoms with Crippen LogP contribution in [-0.2, 0) is 16.0 Å². The van der Waals surface area contributed by atoms with Crippen LogP contribution in [0.15, 0.2) is 49.6 Å². The summed E-state index contributed by atoms with van der Waals surface area (Å²) in [6.07, 6.45) is 3.66. The van der Waals surface area contributed by atoms with E-state index >= 15 is 0 Å². The van der Waals surface area contributed by atoms with Crippen molar-refractivity contribution in [2.45, 2.75) is 25.8 Å². The van der Waals surface area contributed by atoms with Crippen molar-refractivity contribution in [3.05, 3.63) is 61.0 Å². The molecule has 0 saturated carbocycles. The fraction of sp³-hybridized carbons (Fsp3) is 0.333. The maximum Gasteiger partial charge on any atom is 0.245 e. The van der Waals surface area contributed by atoms with Gasteiger partial charge in [0.2, 0.25) is 11.8 Å². The molecule has 1 rings (SSSR count). The van der Waals surface area contributed by atoms with Crippen molar-refractivity contribution >= 4 is 11.8 Å². The summed E-state index contributed by atoms with van der Waals surface area (Å²) >= 11 is 0. The average Bonchev–Trinajstić information content (AvgIpc) is 2.53. The van der Waals surface area contributed by atoms with Crippen LogP contribution in [0.3, 0.4) is 0 Å². The van der Waals surface area contributed by atoms with Crippen molar-refractivity contribution in [3.63, 3.8) is 0 Å². The van der Waals surface area contributed by atoms with Gasteiger partial charge in [0.05, 0.1) is 0 Å². The zero-order chi connectivity index (χ0) is 17.2. The maximum atomic E-state index is 13.5. The number of carbonyl (C=O) groups excluding carboxylic acids is 2. The molecule has 0 aliphatic rings. The second-order valence-electron chi connectivity index (χ2n) is 5.20. The van der Waals surface area contributed by atoms with E-state index in [0.29, 0.717) is 25.1 Å². The second-order valence-corrected chi connectivity index (χ2v) is 5.20. The predicted octanol–water partition coefficient (Wildman–Crippen LogP) is 2.46. The number of aryl methyl sites for hydroxylation is 1. The summed E-state index contributed by atoms with van der Waals surface area (Å²) in [7, 11) is 0. The Bertz CT molecular complexity index is 562. The van der Waals surface area contributed by atoms with Gasteiger partial charge in [0, 0.05) is 19.5 Å². The van der Waals surface area contributed by atoms with Gasteiger partial charge in [-0.1, -0.05) is 30.4 Å². The number of halogens is 1. The van der Waals surface area contributed by atoms with Crippen molar-refractivity contribution in [1.29, 1.82) is 0 Å². The summed E-state index contributed by atoms with van der Waals surface area (Å²) in [5, 5.41) is 2.65. The summed E-state index contributed by atoms with van der Waals surface area (Å²) in [5.41, 5.74) is 0.488. The first-order valence-corrected chi connectivity index (χ1v) is 7.53. The molecule has 0 saturated heterocycles. The number of hydrogen-bond donors (Lipinski definition) is 1. The lowest BCUT2D eigenvalue weighted by Crippen LogP contribution is -2.47. The van der Waals surface area contributed by atoms with Gasteiger partial charge in [-0.2, -0.15) is 0 Å². The Labute approximate surface area is 136 Å². The van der Waals surface area contributed by atoms with Gasteiger partial charge in [0.15, 0.2) is 0 Å². The molecule has 124 valence electrons. The summed E-state index contributed by atoms with van der Waals surface area (Å²) < 4.78 is 13.5. The fourth-order valence-electron chi connectivity index (χ4n) is 2.16. The summed E-state index contributed by atoms with van der Waals surface area (Å²) in [6, 6.07) is 5.69. The quantitative estimate of drug-likeness (QED) is 0.711. The standard InChI is InChI=1S/C18H23FN2O2/c1-4-12-21(13-5-2)18(23)14(3)20-17(22)11-10-15-8-6-7-9-16(15)19/h4-9,14H,1-2,10-13H2,3H3,(H,20,22). The van der Waals surface area contributed by atoms with Crippen LogP contribution in [0.1, 0.15) is 18.9 Å². The lowest BCUT2D eigenvalue weighted by Gasteiger charge is -2.23. The first-order chi connectivity index (χ1) is 11.0. The maximum absolute atomic E-state index is 13.5. The summed E-state index contributed by atoms with van der Waals surface area (Å²) in [6.45, 7) is 9.62. The number of carbonyl (C=O) groups is 2. The van der Waals surface area contributed by atoms with E-state index in [1.165, 1.54) is 6.07 Å². The molecule has 1 aromatic rings. The molecule has 1 aromatic carbocycles. The van der Waals surface area contributed by atoms with E-state index in [1.807, 2.05) is 0 Å². The highest BCUT2D eigenvalue weighted by molar-refractivity contribution is 5.87. The minimum atomic E-state index is -0.650. The highest BCUT2D eigenvalue weighted by atomic mass is 19.1. The first-order valence-electron chi connectivity index (χ1n) is 7.53. The second kappa shape index (κ2) is 9.56. The van der Waals surface area contributed by atoms with Gasteiger partial charge in [-0.15, -0.1) is 13.2 Å². The third-order valence-corrected chi connectivity index (χ3v) is 3.34. The Kier molecular flexibility index (Phi) is 7.74. The van der Waals surface area contributed by atoms with Crippen LogP contribution in [0.25, 0.3) is 0 Å². The molecule has 0 radical (unpaired) electrons. The first kappa shape index (κ1) is 18.6.